The number of rotatable bonds is 3. The Bertz CT molecular complexity index is 577. The van der Waals surface area contributed by atoms with Crippen molar-refractivity contribution in [2.45, 2.75) is 12.5 Å². The lowest BCUT2D eigenvalue weighted by atomic mass is 9.88. The van der Waals surface area contributed by atoms with Gasteiger partial charge in [-0.25, -0.2) is 0 Å². The van der Waals surface area contributed by atoms with Crippen molar-refractivity contribution in [3.63, 3.8) is 0 Å². The Morgan fingerprint density at radius 3 is 2.26 bits per heavy atom. The summed E-state index contributed by atoms with van der Waals surface area (Å²) in [5.41, 5.74) is 0.0816. The maximum absolute atomic E-state index is 10.7. The topological polar surface area (TPSA) is 29.5 Å². The smallest absolute Gasteiger partial charge is 0.118 e. The van der Waals surface area contributed by atoms with Gasteiger partial charge in [-0.2, -0.15) is 0 Å². The summed E-state index contributed by atoms with van der Waals surface area (Å²) in [6, 6.07) is 12.4. The average molecular weight is 297 g/mol. The molecule has 2 rings (SSSR count). The second-order valence-electron chi connectivity index (χ2n) is 4.40. The zero-order valence-corrected chi connectivity index (χ0v) is 12.2. The SMILES string of the molecule is COc1ccc(C(C)(O)c2cccc(Cl)c2Cl)cc1. The quantitative estimate of drug-likeness (QED) is 0.917. The number of hydrogen-bond acceptors (Lipinski definition) is 2. The molecule has 0 amide bonds. The van der Waals surface area contributed by atoms with Crippen molar-refractivity contribution >= 4 is 23.2 Å². The van der Waals surface area contributed by atoms with Crippen molar-refractivity contribution in [2.24, 2.45) is 0 Å². The Kier molecular flexibility index (Phi) is 4.04. The van der Waals surface area contributed by atoms with Gasteiger partial charge in [-0.15, -0.1) is 0 Å². The van der Waals surface area contributed by atoms with E-state index in [1.54, 1.807) is 56.5 Å². The van der Waals surface area contributed by atoms with Crippen LogP contribution in [0.25, 0.3) is 0 Å². The maximum atomic E-state index is 10.7. The highest BCUT2D eigenvalue weighted by Gasteiger charge is 2.28. The third kappa shape index (κ3) is 2.71. The summed E-state index contributed by atoms with van der Waals surface area (Å²) < 4.78 is 5.10. The van der Waals surface area contributed by atoms with Crippen molar-refractivity contribution < 1.29 is 9.84 Å². The highest BCUT2D eigenvalue weighted by Crippen LogP contribution is 2.37. The van der Waals surface area contributed by atoms with E-state index in [9.17, 15) is 5.11 Å². The minimum absolute atomic E-state index is 0.366. The second kappa shape index (κ2) is 5.41. The van der Waals surface area contributed by atoms with E-state index in [2.05, 4.69) is 0 Å². The third-order valence-corrected chi connectivity index (χ3v) is 3.95. The fourth-order valence-electron chi connectivity index (χ4n) is 1.95. The Labute approximate surface area is 122 Å². The molecule has 0 radical (unpaired) electrons. The molecule has 2 nitrogen and oxygen atoms in total. The Morgan fingerprint density at radius 2 is 1.68 bits per heavy atom. The summed E-state index contributed by atoms with van der Waals surface area (Å²) in [6.07, 6.45) is 0. The highest BCUT2D eigenvalue weighted by molar-refractivity contribution is 6.42. The van der Waals surface area contributed by atoms with Crippen LogP contribution in [0, 0.1) is 0 Å². The number of hydrogen-bond donors (Lipinski definition) is 1. The van der Waals surface area contributed by atoms with Crippen LogP contribution in [0.5, 0.6) is 5.75 Å². The van der Waals surface area contributed by atoms with E-state index < -0.39 is 5.60 Å². The van der Waals surface area contributed by atoms with Gasteiger partial charge in [0.2, 0.25) is 0 Å². The standard InChI is InChI=1S/C15H14Cl2O2/c1-15(18,10-6-8-11(19-2)9-7-10)12-4-3-5-13(16)14(12)17/h3-9,18H,1-2H3. The predicted octanol–water partition coefficient (Wildman–Crippen LogP) is 4.26. The number of aliphatic hydroxyl groups is 1. The van der Waals surface area contributed by atoms with Crippen molar-refractivity contribution in [1.82, 2.24) is 0 Å². The van der Waals surface area contributed by atoms with E-state index in [1.807, 2.05) is 0 Å². The van der Waals surface area contributed by atoms with Gasteiger partial charge in [0.25, 0.3) is 0 Å². The van der Waals surface area contributed by atoms with Crippen LogP contribution in [0.4, 0.5) is 0 Å². The number of halogens is 2. The van der Waals surface area contributed by atoms with Crippen LogP contribution in [0.15, 0.2) is 42.5 Å². The van der Waals surface area contributed by atoms with Crippen LogP contribution < -0.4 is 4.74 Å². The molecule has 0 aliphatic heterocycles. The van der Waals surface area contributed by atoms with E-state index in [1.165, 1.54) is 0 Å². The molecule has 1 atom stereocenters. The third-order valence-electron chi connectivity index (χ3n) is 3.13. The molecule has 100 valence electrons. The molecule has 0 bridgehead atoms. The molecular weight excluding hydrogens is 283 g/mol. The van der Waals surface area contributed by atoms with Crippen molar-refractivity contribution in [3.05, 3.63) is 63.6 Å². The van der Waals surface area contributed by atoms with Crippen LogP contribution >= 0.6 is 23.2 Å². The summed E-state index contributed by atoms with van der Waals surface area (Å²) in [7, 11) is 1.60. The van der Waals surface area contributed by atoms with Crippen molar-refractivity contribution in [3.8, 4) is 5.75 Å². The van der Waals surface area contributed by atoms with Crippen molar-refractivity contribution in [2.75, 3.05) is 7.11 Å². The summed E-state index contributed by atoms with van der Waals surface area (Å²) in [5, 5.41) is 11.5. The van der Waals surface area contributed by atoms with E-state index in [0.717, 1.165) is 11.3 Å². The summed E-state index contributed by atoms with van der Waals surface area (Å²) in [5.74, 6) is 0.733. The highest BCUT2D eigenvalue weighted by atomic mass is 35.5. The average Bonchev–Trinajstić information content (AvgIpc) is 2.41. The first-order chi connectivity index (χ1) is 8.96. The van der Waals surface area contributed by atoms with Gasteiger partial charge in [0.05, 0.1) is 17.2 Å². The molecule has 0 aliphatic carbocycles. The molecule has 0 saturated heterocycles. The first kappa shape index (κ1) is 14.2. The fraction of sp³-hybridized carbons (Fsp3) is 0.200. The molecule has 0 saturated carbocycles. The minimum Gasteiger partial charge on any atom is -0.497 e. The fourth-order valence-corrected chi connectivity index (χ4v) is 2.44. The van der Waals surface area contributed by atoms with Crippen LogP contribution in [-0.2, 0) is 5.60 Å². The molecule has 19 heavy (non-hydrogen) atoms. The number of ether oxygens (including phenoxy) is 1. The van der Waals surface area contributed by atoms with Gasteiger partial charge in [-0.1, -0.05) is 47.5 Å². The van der Waals surface area contributed by atoms with E-state index in [4.69, 9.17) is 27.9 Å². The number of methoxy groups -OCH3 is 1. The summed E-state index contributed by atoms with van der Waals surface area (Å²) in [6.45, 7) is 1.69. The molecule has 4 heteroatoms. The van der Waals surface area contributed by atoms with Gasteiger partial charge in [0.1, 0.15) is 11.4 Å². The largest absolute Gasteiger partial charge is 0.497 e. The summed E-state index contributed by atoms with van der Waals surface area (Å²) in [4.78, 5) is 0. The Morgan fingerprint density at radius 1 is 1.05 bits per heavy atom. The van der Waals surface area contributed by atoms with Crippen LogP contribution in [0.3, 0.4) is 0 Å². The molecule has 0 heterocycles. The molecule has 0 spiro atoms. The van der Waals surface area contributed by atoms with Gasteiger partial charge < -0.3 is 9.84 Å². The van der Waals surface area contributed by atoms with Gasteiger partial charge in [0.15, 0.2) is 0 Å². The van der Waals surface area contributed by atoms with Crippen molar-refractivity contribution in [1.29, 1.82) is 0 Å². The molecule has 1 unspecified atom stereocenters. The first-order valence-corrected chi connectivity index (χ1v) is 6.54. The lowest BCUT2D eigenvalue weighted by Crippen LogP contribution is -2.23. The Balaban J connectivity index is 2.48. The summed E-state index contributed by atoms with van der Waals surface area (Å²) >= 11 is 12.2. The van der Waals surface area contributed by atoms with Gasteiger partial charge >= 0.3 is 0 Å². The van der Waals surface area contributed by atoms with Crippen LogP contribution in [-0.4, -0.2) is 12.2 Å². The normalized spacial score (nSPS) is 13.9. The zero-order chi connectivity index (χ0) is 14.0. The molecular formula is C15H14Cl2O2. The van der Waals surface area contributed by atoms with E-state index in [0.29, 0.717) is 15.6 Å². The van der Waals surface area contributed by atoms with E-state index in [-0.39, 0.29) is 0 Å². The molecule has 0 aliphatic rings. The lowest BCUT2D eigenvalue weighted by Gasteiger charge is -2.26. The van der Waals surface area contributed by atoms with Crippen LogP contribution in [0.1, 0.15) is 18.1 Å². The molecule has 2 aromatic rings. The van der Waals surface area contributed by atoms with Gasteiger partial charge in [-0.05, 0) is 30.7 Å². The number of benzene rings is 2. The lowest BCUT2D eigenvalue weighted by molar-refractivity contribution is 0.102. The zero-order valence-electron chi connectivity index (χ0n) is 10.7. The molecule has 0 aromatic heterocycles. The van der Waals surface area contributed by atoms with E-state index >= 15 is 0 Å². The second-order valence-corrected chi connectivity index (χ2v) is 5.19. The maximum Gasteiger partial charge on any atom is 0.118 e. The molecule has 1 N–H and O–H groups in total. The first-order valence-electron chi connectivity index (χ1n) is 5.78. The van der Waals surface area contributed by atoms with Crippen LogP contribution in [0.2, 0.25) is 10.0 Å². The molecule has 0 fully saturated rings. The Hall–Kier alpha value is -1.22. The van der Waals surface area contributed by atoms with Gasteiger partial charge in [-0.3, -0.25) is 0 Å². The molecule has 2 aromatic carbocycles. The predicted molar refractivity (Wildman–Crippen MR) is 78.1 cm³/mol. The minimum atomic E-state index is -1.21. The van der Waals surface area contributed by atoms with Gasteiger partial charge in [0, 0.05) is 5.56 Å². The monoisotopic (exact) mass is 296 g/mol.